The molecule has 0 aromatic carbocycles. The number of nitrogens with zero attached hydrogens (tertiary/aromatic N) is 2. The van der Waals surface area contributed by atoms with Crippen LogP contribution in [0.5, 0.6) is 5.75 Å². The summed E-state index contributed by atoms with van der Waals surface area (Å²) in [4.78, 5) is 24.8. The van der Waals surface area contributed by atoms with Gasteiger partial charge >= 0.3 is 18.1 Å². The fourth-order valence-electron chi connectivity index (χ4n) is 1.40. The number of hydrogen-bond acceptors (Lipinski definition) is 6. The van der Waals surface area contributed by atoms with Crippen LogP contribution in [0, 0.1) is 13.8 Å². The largest absolute Gasteiger partial charge is 0.573 e. The number of nitro groups is 1. The summed E-state index contributed by atoms with van der Waals surface area (Å²) in [6.07, 6.45) is -5.80. The Morgan fingerprint density at radius 3 is 2.62 bits per heavy atom. The molecule has 1 rings (SSSR count). The van der Waals surface area contributed by atoms with Crippen molar-refractivity contribution in [2.24, 2.45) is 0 Å². The molecule has 0 atom stereocenters. The molecule has 11 heteroatoms. The second-order valence-electron chi connectivity index (χ2n) is 3.53. The van der Waals surface area contributed by atoms with Crippen molar-refractivity contribution in [1.82, 2.24) is 4.98 Å². The van der Waals surface area contributed by atoms with E-state index in [1.807, 2.05) is 0 Å². The van der Waals surface area contributed by atoms with Gasteiger partial charge in [0.05, 0.1) is 13.0 Å². The summed E-state index contributed by atoms with van der Waals surface area (Å²) in [5.41, 5.74) is -0.587. The van der Waals surface area contributed by atoms with Crippen molar-refractivity contribution >= 4 is 34.4 Å². The number of rotatable bonds is 5. The molecule has 0 spiro atoms. The van der Waals surface area contributed by atoms with Gasteiger partial charge in [-0.15, -0.1) is 13.2 Å². The standard InChI is InChI=1S/C10H8F3IN2O5/c1-2-20-8(17)3-5-6(21-10(11,12)13)4-7(14)15-9(5)16(18)19/h4H,2-3H2,1H3. The molecule has 1 heterocycles. The fourth-order valence-corrected chi connectivity index (χ4v) is 1.91. The van der Waals surface area contributed by atoms with Crippen LogP contribution in [0.1, 0.15) is 12.5 Å². The van der Waals surface area contributed by atoms with E-state index in [1.54, 1.807) is 0 Å². The summed E-state index contributed by atoms with van der Waals surface area (Å²) in [7, 11) is 0. The highest BCUT2D eigenvalue weighted by Gasteiger charge is 2.35. The molecule has 0 aliphatic rings. The number of esters is 1. The average molecular weight is 420 g/mol. The lowest BCUT2D eigenvalue weighted by molar-refractivity contribution is -0.390. The third-order valence-electron chi connectivity index (χ3n) is 2.06. The van der Waals surface area contributed by atoms with Crippen LogP contribution in [-0.4, -0.2) is 28.8 Å². The molecule has 0 aliphatic carbocycles. The monoisotopic (exact) mass is 420 g/mol. The molecule has 0 unspecified atom stereocenters. The Morgan fingerprint density at radius 2 is 2.14 bits per heavy atom. The van der Waals surface area contributed by atoms with Gasteiger partial charge in [0, 0.05) is 28.7 Å². The average Bonchev–Trinajstić information content (AvgIpc) is 2.30. The summed E-state index contributed by atoms with van der Waals surface area (Å²) >= 11 is 1.50. The van der Waals surface area contributed by atoms with Crippen LogP contribution in [0.4, 0.5) is 19.0 Å². The fraction of sp³-hybridized carbons (Fsp3) is 0.400. The van der Waals surface area contributed by atoms with E-state index in [0.717, 1.165) is 6.07 Å². The first-order chi connectivity index (χ1) is 9.64. The summed E-state index contributed by atoms with van der Waals surface area (Å²) < 4.78 is 45.2. The predicted octanol–water partition coefficient (Wildman–Crippen LogP) is 2.60. The molecule has 116 valence electrons. The van der Waals surface area contributed by atoms with E-state index in [-0.39, 0.29) is 10.3 Å². The van der Waals surface area contributed by atoms with Crippen molar-refractivity contribution in [3.05, 3.63) is 25.4 Å². The zero-order valence-corrected chi connectivity index (χ0v) is 12.6. The summed E-state index contributed by atoms with van der Waals surface area (Å²) in [6, 6.07) is 0.857. The van der Waals surface area contributed by atoms with Gasteiger partial charge in [0.2, 0.25) is 3.70 Å². The van der Waals surface area contributed by atoms with Crippen molar-refractivity contribution in [3.63, 3.8) is 0 Å². The van der Waals surface area contributed by atoms with E-state index in [0.29, 0.717) is 0 Å². The van der Waals surface area contributed by atoms with Crippen molar-refractivity contribution in [2.75, 3.05) is 6.61 Å². The molecule has 0 amide bonds. The Morgan fingerprint density at radius 1 is 1.52 bits per heavy atom. The van der Waals surface area contributed by atoms with Gasteiger partial charge in [-0.3, -0.25) is 4.79 Å². The van der Waals surface area contributed by atoms with Crippen molar-refractivity contribution in [3.8, 4) is 5.75 Å². The minimum atomic E-state index is -5.05. The van der Waals surface area contributed by atoms with Crippen LogP contribution >= 0.6 is 22.6 Å². The van der Waals surface area contributed by atoms with Gasteiger partial charge in [-0.25, -0.2) is 0 Å². The first-order valence-electron chi connectivity index (χ1n) is 5.39. The summed E-state index contributed by atoms with van der Waals surface area (Å²) in [6.45, 7) is 1.48. The molecule has 0 saturated heterocycles. The van der Waals surface area contributed by atoms with Crippen LogP contribution in [0.25, 0.3) is 0 Å². The van der Waals surface area contributed by atoms with E-state index in [4.69, 9.17) is 0 Å². The lowest BCUT2D eigenvalue weighted by Crippen LogP contribution is -2.20. The molecule has 0 bridgehead atoms. The van der Waals surface area contributed by atoms with Gasteiger partial charge in [-0.05, 0) is 16.8 Å². The third kappa shape index (κ3) is 5.32. The maximum absolute atomic E-state index is 12.3. The maximum Gasteiger partial charge on any atom is 0.573 e. The zero-order chi connectivity index (χ0) is 16.2. The topological polar surface area (TPSA) is 91.6 Å². The Labute approximate surface area is 129 Å². The Bertz CT molecular complexity index is 564. The third-order valence-corrected chi connectivity index (χ3v) is 2.61. The quantitative estimate of drug-likeness (QED) is 0.239. The van der Waals surface area contributed by atoms with Crippen molar-refractivity contribution in [1.29, 1.82) is 0 Å². The van der Waals surface area contributed by atoms with Crippen LogP contribution in [0.2, 0.25) is 0 Å². The molecule has 0 fully saturated rings. The second-order valence-corrected chi connectivity index (χ2v) is 4.64. The molecule has 0 radical (unpaired) electrons. The first kappa shape index (κ1) is 17.4. The predicted molar refractivity (Wildman–Crippen MR) is 70.6 cm³/mol. The highest BCUT2D eigenvalue weighted by Crippen LogP contribution is 2.33. The highest BCUT2D eigenvalue weighted by molar-refractivity contribution is 14.1. The van der Waals surface area contributed by atoms with E-state index >= 15 is 0 Å². The van der Waals surface area contributed by atoms with E-state index in [1.165, 1.54) is 29.5 Å². The van der Waals surface area contributed by atoms with Gasteiger partial charge in [-0.2, -0.15) is 0 Å². The number of ether oxygens (including phenoxy) is 2. The number of halogens is 4. The molecule has 0 N–H and O–H groups in total. The van der Waals surface area contributed by atoms with Gasteiger partial charge in [-0.1, -0.05) is 0 Å². The smallest absolute Gasteiger partial charge is 0.466 e. The lowest BCUT2D eigenvalue weighted by Gasteiger charge is -2.12. The minimum absolute atomic E-state index is 0.0140. The van der Waals surface area contributed by atoms with Gasteiger partial charge in [0.15, 0.2) is 0 Å². The van der Waals surface area contributed by atoms with Crippen LogP contribution in [0.15, 0.2) is 6.07 Å². The molecule has 7 nitrogen and oxygen atoms in total. The van der Waals surface area contributed by atoms with Gasteiger partial charge in [0.25, 0.3) is 0 Å². The van der Waals surface area contributed by atoms with E-state index in [2.05, 4.69) is 14.5 Å². The van der Waals surface area contributed by atoms with E-state index < -0.39 is 40.8 Å². The van der Waals surface area contributed by atoms with Crippen molar-refractivity contribution in [2.45, 2.75) is 19.7 Å². The Kier molecular flexibility index (Phi) is 5.69. The number of alkyl halides is 3. The highest BCUT2D eigenvalue weighted by atomic mass is 127. The molecule has 0 saturated carbocycles. The molecule has 1 aromatic heterocycles. The number of carbonyl (C=O) groups is 1. The Hall–Kier alpha value is -1.66. The maximum atomic E-state index is 12.3. The van der Waals surface area contributed by atoms with Crippen molar-refractivity contribution < 1.29 is 32.4 Å². The number of hydrogen-bond donors (Lipinski definition) is 0. The summed E-state index contributed by atoms with van der Waals surface area (Å²) in [5.74, 6) is -2.65. The van der Waals surface area contributed by atoms with Gasteiger partial charge in [0.1, 0.15) is 11.3 Å². The number of pyridine rings is 1. The van der Waals surface area contributed by atoms with Gasteiger partial charge < -0.3 is 19.6 Å². The molecule has 21 heavy (non-hydrogen) atoms. The summed E-state index contributed by atoms with van der Waals surface area (Å²) in [5, 5.41) is 10.9. The van der Waals surface area contributed by atoms with Crippen LogP contribution < -0.4 is 4.74 Å². The first-order valence-corrected chi connectivity index (χ1v) is 6.47. The van der Waals surface area contributed by atoms with E-state index in [9.17, 15) is 28.1 Å². The molecular weight excluding hydrogens is 412 g/mol. The van der Waals surface area contributed by atoms with Crippen LogP contribution in [-0.2, 0) is 16.0 Å². The second kappa shape index (κ2) is 6.87. The number of carbonyl (C=O) groups excluding carboxylic acids is 1. The zero-order valence-electron chi connectivity index (χ0n) is 10.4. The number of aromatic nitrogens is 1. The molecule has 1 aromatic rings. The SMILES string of the molecule is CCOC(=O)Cc1c(OC(F)(F)F)cc(I)nc1[N+](=O)[O-]. The molecule has 0 aliphatic heterocycles. The normalized spacial score (nSPS) is 11.1. The Balaban J connectivity index is 3.32. The minimum Gasteiger partial charge on any atom is -0.466 e. The van der Waals surface area contributed by atoms with Crippen LogP contribution in [0.3, 0.4) is 0 Å². The lowest BCUT2D eigenvalue weighted by atomic mass is 10.1. The molecular formula is C10H8F3IN2O5.